The van der Waals surface area contributed by atoms with Gasteiger partial charge in [0, 0.05) is 11.6 Å². The maximum atomic E-state index is 13.2. The van der Waals surface area contributed by atoms with Gasteiger partial charge in [0.2, 0.25) is 0 Å². The molecule has 0 aliphatic rings. The molecule has 0 spiro atoms. The van der Waals surface area contributed by atoms with Crippen molar-refractivity contribution in [3.63, 3.8) is 0 Å². The maximum Gasteiger partial charge on any atom is 0.416 e. The van der Waals surface area contributed by atoms with Crippen molar-refractivity contribution >= 4 is 16.6 Å². The number of alkyl halides is 3. The molecule has 0 aliphatic carbocycles. The zero-order chi connectivity index (χ0) is 19.3. The molecular weight excluding hydrogens is 355 g/mol. The van der Waals surface area contributed by atoms with Crippen molar-refractivity contribution in [2.45, 2.75) is 26.1 Å². The lowest BCUT2D eigenvalue weighted by atomic mass is 10.1. The van der Waals surface area contributed by atoms with E-state index < -0.39 is 11.7 Å². The molecule has 138 valence electrons. The number of nitrogens with zero attached hydrogens (tertiary/aromatic N) is 3. The predicted octanol–water partition coefficient (Wildman–Crippen LogP) is 4.92. The molecule has 4 aromatic rings. The van der Waals surface area contributed by atoms with Crippen molar-refractivity contribution in [2.24, 2.45) is 0 Å². The number of imidazole rings is 1. The summed E-state index contributed by atoms with van der Waals surface area (Å²) < 4.78 is 42.6. The van der Waals surface area contributed by atoms with Crippen molar-refractivity contribution in [3.05, 3.63) is 70.8 Å². The molecular formula is C20H16F3N3O. The summed E-state index contributed by atoms with van der Waals surface area (Å²) in [6.07, 6.45) is -2.98. The number of fused-ring (bicyclic) bond motifs is 3. The van der Waals surface area contributed by atoms with Crippen LogP contribution >= 0.6 is 0 Å². The lowest BCUT2D eigenvalue weighted by Crippen LogP contribution is -2.24. The van der Waals surface area contributed by atoms with Gasteiger partial charge in [-0.25, -0.2) is 4.98 Å². The van der Waals surface area contributed by atoms with Gasteiger partial charge in [0.15, 0.2) is 0 Å². The zero-order valence-corrected chi connectivity index (χ0v) is 14.7. The van der Waals surface area contributed by atoms with Crippen LogP contribution < -0.4 is 5.56 Å². The molecule has 2 aromatic heterocycles. The Hall–Kier alpha value is -3.09. The molecule has 0 N–H and O–H groups in total. The minimum Gasteiger partial charge on any atom is -0.302 e. The third-order valence-corrected chi connectivity index (χ3v) is 4.57. The van der Waals surface area contributed by atoms with Crippen molar-refractivity contribution in [1.29, 1.82) is 0 Å². The summed E-state index contributed by atoms with van der Waals surface area (Å²) >= 11 is 0. The summed E-state index contributed by atoms with van der Waals surface area (Å²) in [5.74, 6) is 0. The van der Waals surface area contributed by atoms with Gasteiger partial charge in [-0.05, 0) is 38.1 Å². The second-order valence-corrected chi connectivity index (χ2v) is 6.65. The molecule has 7 heteroatoms. The van der Waals surface area contributed by atoms with Crippen LogP contribution in [0.3, 0.4) is 0 Å². The summed E-state index contributed by atoms with van der Waals surface area (Å²) in [6, 6.07) is 12.2. The molecule has 4 rings (SSSR count). The van der Waals surface area contributed by atoms with Gasteiger partial charge < -0.3 is 4.57 Å². The fourth-order valence-corrected chi connectivity index (χ4v) is 3.40. The molecule has 27 heavy (non-hydrogen) atoms. The third kappa shape index (κ3) is 2.70. The highest BCUT2D eigenvalue weighted by Crippen LogP contribution is 2.33. The van der Waals surface area contributed by atoms with E-state index in [0.29, 0.717) is 0 Å². The van der Waals surface area contributed by atoms with Crippen LogP contribution in [-0.2, 0) is 6.18 Å². The first-order valence-corrected chi connectivity index (χ1v) is 8.47. The first-order chi connectivity index (χ1) is 12.8. The fourth-order valence-electron chi connectivity index (χ4n) is 3.40. The summed E-state index contributed by atoms with van der Waals surface area (Å²) in [4.78, 5) is 17.5. The number of para-hydroxylation sites is 2. The minimum atomic E-state index is -4.46. The highest BCUT2D eigenvalue weighted by molar-refractivity contribution is 5.85. The van der Waals surface area contributed by atoms with Gasteiger partial charge in [-0.15, -0.1) is 0 Å². The Bertz CT molecular complexity index is 1220. The Morgan fingerprint density at radius 1 is 1.00 bits per heavy atom. The Balaban J connectivity index is 2.10. The van der Waals surface area contributed by atoms with Crippen LogP contribution in [0.1, 0.15) is 25.5 Å². The smallest absolute Gasteiger partial charge is 0.302 e. The largest absolute Gasteiger partial charge is 0.416 e. The number of aromatic nitrogens is 3. The van der Waals surface area contributed by atoms with Crippen LogP contribution in [-0.4, -0.2) is 14.0 Å². The summed E-state index contributed by atoms with van der Waals surface area (Å²) in [5, 5.41) is 0. The van der Waals surface area contributed by atoms with E-state index in [2.05, 4.69) is 4.98 Å². The predicted molar refractivity (Wildman–Crippen MR) is 97.8 cm³/mol. The average Bonchev–Trinajstić information content (AvgIpc) is 3.07. The van der Waals surface area contributed by atoms with E-state index in [0.717, 1.165) is 23.2 Å². The van der Waals surface area contributed by atoms with Gasteiger partial charge in [-0.1, -0.05) is 24.3 Å². The minimum absolute atomic E-state index is 0.114. The van der Waals surface area contributed by atoms with E-state index in [1.165, 1.54) is 18.5 Å². The lowest BCUT2D eigenvalue weighted by molar-refractivity contribution is -0.137. The molecule has 0 fully saturated rings. The molecule has 0 aliphatic heterocycles. The first-order valence-electron chi connectivity index (χ1n) is 8.47. The second kappa shape index (κ2) is 5.97. The quantitative estimate of drug-likeness (QED) is 0.502. The molecule has 0 saturated heterocycles. The number of rotatable bonds is 2. The van der Waals surface area contributed by atoms with Crippen molar-refractivity contribution in [1.82, 2.24) is 14.0 Å². The van der Waals surface area contributed by atoms with Gasteiger partial charge in [0.1, 0.15) is 17.5 Å². The molecule has 0 saturated carbocycles. The molecule has 0 atom stereocenters. The summed E-state index contributed by atoms with van der Waals surface area (Å²) in [6.45, 7) is 3.79. The average molecular weight is 371 g/mol. The van der Waals surface area contributed by atoms with Gasteiger partial charge in [-0.2, -0.15) is 13.2 Å². The second-order valence-electron chi connectivity index (χ2n) is 6.65. The van der Waals surface area contributed by atoms with E-state index in [1.54, 1.807) is 8.97 Å². The Kier molecular flexibility index (Phi) is 3.83. The lowest BCUT2D eigenvalue weighted by Gasteiger charge is -2.15. The van der Waals surface area contributed by atoms with Gasteiger partial charge in [0.05, 0.1) is 16.6 Å². The van der Waals surface area contributed by atoms with Gasteiger partial charge in [-0.3, -0.25) is 9.20 Å². The Labute approximate surface area is 152 Å². The number of hydrogen-bond donors (Lipinski definition) is 0. The number of hydrogen-bond acceptors (Lipinski definition) is 2. The number of benzene rings is 2. The molecule has 2 heterocycles. The first kappa shape index (κ1) is 17.3. The van der Waals surface area contributed by atoms with Crippen LogP contribution in [0.25, 0.3) is 27.8 Å². The SMILES string of the molecule is CC(C)n1c(=O)c2c(-c3cccc(C(F)(F)F)c3)ncn2c2ccccc21. The van der Waals surface area contributed by atoms with Crippen molar-refractivity contribution in [3.8, 4) is 11.3 Å². The van der Waals surface area contributed by atoms with Gasteiger partial charge in [0.25, 0.3) is 5.56 Å². The molecule has 0 bridgehead atoms. The van der Waals surface area contributed by atoms with Crippen molar-refractivity contribution in [2.75, 3.05) is 0 Å². The topological polar surface area (TPSA) is 39.3 Å². The van der Waals surface area contributed by atoms with E-state index in [9.17, 15) is 18.0 Å². The van der Waals surface area contributed by atoms with Crippen LogP contribution in [0.4, 0.5) is 13.2 Å². The van der Waals surface area contributed by atoms with E-state index in [-0.39, 0.29) is 28.4 Å². The standard InChI is InChI=1S/C20H16F3N3O/c1-12(2)26-16-9-4-3-8-15(16)25-11-24-17(18(25)19(26)27)13-6-5-7-14(10-13)20(21,22)23/h3-12H,1-2H3. The highest BCUT2D eigenvalue weighted by Gasteiger charge is 2.31. The highest BCUT2D eigenvalue weighted by atomic mass is 19.4. The van der Waals surface area contributed by atoms with Crippen LogP contribution in [0.2, 0.25) is 0 Å². The monoisotopic (exact) mass is 371 g/mol. The normalized spacial score (nSPS) is 12.4. The zero-order valence-electron chi connectivity index (χ0n) is 14.7. The number of halogens is 3. The van der Waals surface area contributed by atoms with E-state index in [1.807, 2.05) is 38.1 Å². The molecule has 0 unspecified atom stereocenters. The molecule has 0 amide bonds. The van der Waals surface area contributed by atoms with E-state index in [4.69, 9.17) is 0 Å². The molecule has 4 nitrogen and oxygen atoms in total. The van der Waals surface area contributed by atoms with Gasteiger partial charge >= 0.3 is 6.18 Å². The molecule has 2 aromatic carbocycles. The summed E-state index contributed by atoms with van der Waals surface area (Å²) in [7, 11) is 0. The van der Waals surface area contributed by atoms with Crippen molar-refractivity contribution < 1.29 is 13.2 Å². The molecule has 0 radical (unpaired) electrons. The van der Waals surface area contributed by atoms with Crippen LogP contribution in [0.15, 0.2) is 59.7 Å². The summed E-state index contributed by atoms with van der Waals surface area (Å²) in [5.41, 5.74) is 1.23. The van der Waals surface area contributed by atoms with E-state index >= 15 is 0 Å². The Morgan fingerprint density at radius 3 is 2.37 bits per heavy atom. The fraction of sp³-hybridized carbons (Fsp3) is 0.200. The third-order valence-electron chi connectivity index (χ3n) is 4.57. The Morgan fingerprint density at radius 2 is 1.70 bits per heavy atom. The van der Waals surface area contributed by atoms with Crippen LogP contribution in [0.5, 0.6) is 0 Å². The van der Waals surface area contributed by atoms with Crippen LogP contribution in [0, 0.1) is 0 Å². The maximum absolute atomic E-state index is 13.2.